The second-order valence-corrected chi connectivity index (χ2v) is 5.11. The number of fused-ring (bicyclic) bond motifs is 1. The molecule has 1 aromatic carbocycles. The number of benzene rings is 1. The highest BCUT2D eigenvalue weighted by atomic mass is 16.2. The summed E-state index contributed by atoms with van der Waals surface area (Å²) in [5.41, 5.74) is 7.72. The van der Waals surface area contributed by atoms with Crippen molar-refractivity contribution in [3.63, 3.8) is 0 Å². The molecule has 1 fully saturated rings. The second-order valence-electron chi connectivity index (χ2n) is 5.11. The number of likely N-dealkylation sites (tertiary alicyclic amines) is 1. The molecule has 0 bridgehead atoms. The first kappa shape index (κ1) is 12.2. The van der Waals surface area contributed by atoms with Gasteiger partial charge in [0, 0.05) is 26.2 Å². The average molecular weight is 258 g/mol. The number of nitrogens with zero attached hydrogens (tertiary/aromatic N) is 3. The maximum Gasteiger partial charge on any atom is 0.289 e. The van der Waals surface area contributed by atoms with Gasteiger partial charge in [-0.05, 0) is 25.0 Å². The van der Waals surface area contributed by atoms with E-state index >= 15 is 0 Å². The zero-order chi connectivity index (χ0) is 13.4. The Balaban J connectivity index is 1.91. The fraction of sp³-hybridized carbons (Fsp3) is 0.429. The molecule has 1 aromatic heterocycles. The van der Waals surface area contributed by atoms with E-state index in [1.807, 2.05) is 40.8 Å². The Kier molecular flexibility index (Phi) is 2.98. The van der Waals surface area contributed by atoms with Crippen molar-refractivity contribution < 1.29 is 4.79 Å². The fourth-order valence-corrected chi connectivity index (χ4v) is 2.58. The highest BCUT2D eigenvalue weighted by Gasteiger charge is 2.25. The van der Waals surface area contributed by atoms with Crippen LogP contribution in [-0.4, -0.2) is 39.5 Å². The minimum atomic E-state index is 0.00519. The van der Waals surface area contributed by atoms with Crippen LogP contribution in [0.15, 0.2) is 24.3 Å². The number of hydrogen-bond acceptors (Lipinski definition) is 3. The van der Waals surface area contributed by atoms with Crippen molar-refractivity contribution in [1.29, 1.82) is 0 Å². The van der Waals surface area contributed by atoms with Crippen LogP contribution in [0.4, 0.5) is 0 Å². The van der Waals surface area contributed by atoms with Crippen molar-refractivity contribution in [1.82, 2.24) is 14.5 Å². The third-order valence-electron chi connectivity index (χ3n) is 3.81. The van der Waals surface area contributed by atoms with Crippen LogP contribution < -0.4 is 5.73 Å². The molecule has 1 aliphatic heterocycles. The smallest absolute Gasteiger partial charge is 0.289 e. The predicted octanol–water partition coefficient (Wildman–Crippen LogP) is 1.14. The summed E-state index contributed by atoms with van der Waals surface area (Å²) in [6.07, 6.45) is 1.74. The van der Waals surface area contributed by atoms with Gasteiger partial charge in [0.25, 0.3) is 5.91 Å². The standard InChI is InChI=1S/C14H18N4O/c1-17-12-5-3-2-4-11(12)16-13(17)14(19)18-8-6-10(15)7-9-18/h2-5,10H,6-9,15H2,1H3. The molecule has 0 saturated carbocycles. The van der Waals surface area contributed by atoms with Gasteiger partial charge in [-0.2, -0.15) is 0 Å². The van der Waals surface area contributed by atoms with E-state index in [9.17, 15) is 4.79 Å². The molecule has 1 amide bonds. The van der Waals surface area contributed by atoms with Gasteiger partial charge in [-0.3, -0.25) is 4.79 Å². The van der Waals surface area contributed by atoms with Crippen molar-refractivity contribution >= 4 is 16.9 Å². The van der Waals surface area contributed by atoms with Gasteiger partial charge in [0.1, 0.15) is 0 Å². The summed E-state index contributed by atoms with van der Waals surface area (Å²) in [5, 5.41) is 0. The maximum absolute atomic E-state index is 12.5. The Morgan fingerprint density at radius 3 is 2.68 bits per heavy atom. The van der Waals surface area contributed by atoms with Gasteiger partial charge in [0.2, 0.25) is 0 Å². The molecule has 2 heterocycles. The summed E-state index contributed by atoms with van der Waals surface area (Å²) >= 11 is 0. The Bertz CT molecular complexity index is 611. The number of aromatic nitrogens is 2. The normalized spacial score (nSPS) is 17.1. The van der Waals surface area contributed by atoms with Gasteiger partial charge in [-0.25, -0.2) is 4.98 Å². The summed E-state index contributed by atoms with van der Waals surface area (Å²) in [4.78, 5) is 18.8. The first-order valence-electron chi connectivity index (χ1n) is 6.63. The molecule has 0 unspecified atom stereocenters. The van der Waals surface area contributed by atoms with Crippen LogP contribution in [-0.2, 0) is 7.05 Å². The van der Waals surface area contributed by atoms with Crippen LogP contribution in [0.3, 0.4) is 0 Å². The summed E-state index contributed by atoms with van der Waals surface area (Å²) < 4.78 is 1.87. The molecule has 0 spiro atoms. The monoisotopic (exact) mass is 258 g/mol. The number of imidazole rings is 1. The molecule has 0 radical (unpaired) electrons. The average Bonchev–Trinajstić information content (AvgIpc) is 2.77. The third-order valence-corrected chi connectivity index (χ3v) is 3.81. The lowest BCUT2D eigenvalue weighted by atomic mass is 10.1. The molecule has 1 saturated heterocycles. The molecule has 5 heteroatoms. The van der Waals surface area contributed by atoms with E-state index in [-0.39, 0.29) is 11.9 Å². The van der Waals surface area contributed by atoms with E-state index in [2.05, 4.69) is 4.98 Å². The number of nitrogens with two attached hydrogens (primary N) is 1. The van der Waals surface area contributed by atoms with Gasteiger partial charge >= 0.3 is 0 Å². The van der Waals surface area contributed by atoms with Crippen LogP contribution in [0.25, 0.3) is 11.0 Å². The number of carbonyl (C=O) groups is 1. The lowest BCUT2D eigenvalue weighted by Gasteiger charge is -2.29. The zero-order valence-corrected chi connectivity index (χ0v) is 11.0. The van der Waals surface area contributed by atoms with E-state index in [0.717, 1.165) is 37.0 Å². The van der Waals surface area contributed by atoms with Gasteiger partial charge in [-0.1, -0.05) is 12.1 Å². The number of rotatable bonds is 1. The number of para-hydroxylation sites is 2. The second kappa shape index (κ2) is 4.66. The molecule has 100 valence electrons. The molecule has 5 nitrogen and oxygen atoms in total. The SMILES string of the molecule is Cn1c(C(=O)N2CCC(N)CC2)nc2ccccc21. The Morgan fingerprint density at radius 1 is 1.32 bits per heavy atom. The summed E-state index contributed by atoms with van der Waals surface area (Å²) in [6, 6.07) is 8.02. The van der Waals surface area contributed by atoms with Crippen LogP contribution in [0.2, 0.25) is 0 Å². The Hall–Kier alpha value is -1.88. The topological polar surface area (TPSA) is 64.2 Å². The Labute approximate surface area is 112 Å². The van der Waals surface area contributed by atoms with Crippen molar-refractivity contribution in [3.05, 3.63) is 30.1 Å². The summed E-state index contributed by atoms with van der Waals surface area (Å²) in [5.74, 6) is 0.516. The quantitative estimate of drug-likeness (QED) is 0.834. The van der Waals surface area contributed by atoms with Crippen molar-refractivity contribution in [2.45, 2.75) is 18.9 Å². The molecule has 19 heavy (non-hydrogen) atoms. The van der Waals surface area contributed by atoms with Crippen LogP contribution in [0.5, 0.6) is 0 Å². The Morgan fingerprint density at radius 2 is 2.00 bits per heavy atom. The maximum atomic E-state index is 12.5. The third kappa shape index (κ3) is 2.10. The van der Waals surface area contributed by atoms with E-state index in [0.29, 0.717) is 5.82 Å². The molecule has 1 aliphatic rings. The van der Waals surface area contributed by atoms with Crippen LogP contribution in [0.1, 0.15) is 23.5 Å². The van der Waals surface area contributed by atoms with Gasteiger partial charge in [0.15, 0.2) is 5.82 Å². The molecule has 2 aromatic rings. The highest BCUT2D eigenvalue weighted by molar-refractivity contribution is 5.94. The van der Waals surface area contributed by atoms with E-state index in [1.165, 1.54) is 0 Å². The largest absolute Gasteiger partial charge is 0.336 e. The number of carbonyl (C=O) groups excluding carboxylic acids is 1. The van der Waals surface area contributed by atoms with E-state index in [4.69, 9.17) is 5.73 Å². The van der Waals surface area contributed by atoms with Crippen LogP contribution >= 0.6 is 0 Å². The minimum Gasteiger partial charge on any atom is -0.336 e. The van der Waals surface area contributed by atoms with Crippen molar-refractivity contribution in [3.8, 4) is 0 Å². The number of amides is 1. The summed E-state index contributed by atoms with van der Waals surface area (Å²) in [7, 11) is 1.89. The molecule has 3 rings (SSSR count). The van der Waals surface area contributed by atoms with Crippen LogP contribution in [0, 0.1) is 0 Å². The van der Waals surface area contributed by atoms with Crippen molar-refractivity contribution in [2.75, 3.05) is 13.1 Å². The molecule has 0 atom stereocenters. The molecule has 2 N–H and O–H groups in total. The number of hydrogen-bond donors (Lipinski definition) is 1. The lowest BCUT2D eigenvalue weighted by molar-refractivity contribution is 0.0699. The first-order valence-corrected chi connectivity index (χ1v) is 6.63. The highest BCUT2D eigenvalue weighted by Crippen LogP contribution is 2.17. The van der Waals surface area contributed by atoms with Crippen molar-refractivity contribution in [2.24, 2.45) is 12.8 Å². The summed E-state index contributed by atoms with van der Waals surface area (Å²) in [6.45, 7) is 1.45. The number of piperidine rings is 1. The fourth-order valence-electron chi connectivity index (χ4n) is 2.58. The lowest BCUT2D eigenvalue weighted by Crippen LogP contribution is -2.43. The van der Waals surface area contributed by atoms with E-state index < -0.39 is 0 Å². The molecular weight excluding hydrogens is 240 g/mol. The zero-order valence-electron chi connectivity index (χ0n) is 11.0. The predicted molar refractivity (Wildman–Crippen MR) is 73.8 cm³/mol. The first-order chi connectivity index (χ1) is 9.16. The molecular formula is C14H18N4O. The van der Waals surface area contributed by atoms with Gasteiger partial charge in [-0.15, -0.1) is 0 Å². The minimum absolute atomic E-state index is 0.00519. The van der Waals surface area contributed by atoms with Gasteiger partial charge < -0.3 is 15.2 Å². The van der Waals surface area contributed by atoms with Gasteiger partial charge in [0.05, 0.1) is 11.0 Å². The van der Waals surface area contributed by atoms with E-state index in [1.54, 1.807) is 0 Å². The molecule has 0 aliphatic carbocycles. The number of aryl methyl sites for hydroxylation is 1.